The first kappa shape index (κ1) is 16.7. The van der Waals surface area contributed by atoms with Gasteiger partial charge < -0.3 is 18.9 Å². The van der Waals surface area contributed by atoms with Gasteiger partial charge in [0, 0.05) is 26.6 Å². The van der Waals surface area contributed by atoms with Crippen molar-refractivity contribution in [2.45, 2.75) is 88.8 Å². The van der Waals surface area contributed by atoms with Crippen LogP contribution in [0.1, 0.15) is 64.7 Å². The fourth-order valence-electron chi connectivity index (χ4n) is 4.22. The molecule has 4 nitrogen and oxygen atoms in total. The second-order valence-electron chi connectivity index (χ2n) is 7.22. The zero-order valence-corrected chi connectivity index (χ0v) is 14.2. The molecule has 2 saturated heterocycles. The molecule has 2 heterocycles. The topological polar surface area (TPSA) is 36.9 Å². The average Bonchev–Trinajstić information content (AvgIpc) is 2.94. The Morgan fingerprint density at radius 2 is 2.00 bits per heavy atom. The smallest absolute Gasteiger partial charge is 0.195 e. The molecule has 3 fully saturated rings. The van der Waals surface area contributed by atoms with Crippen molar-refractivity contribution < 1.29 is 18.9 Å². The van der Waals surface area contributed by atoms with E-state index >= 15 is 0 Å². The molecule has 4 heteroatoms. The lowest BCUT2D eigenvalue weighted by atomic mass is 9.89. The summed E-state index contributed by atoms with van der Waals surface area (Å²) < 4.78 is 24.3. The van der Waals surface area contributed by atoms with Crippen molar-refractivity contribution in [3.8, 4) is 0 Å². The predicted molar refractivity (Wildman–Crippen MR) is 84.8 cm³/mol. The van der Waals surface area contributed by atoms with Gasteiger partial charge in [-0.3, -0.25) is 0 Å². The lowest BCUT2D eigenvalue weighted by Gasteiger charge is -2.41. The van der Waals surface area contributed by atoms with Gasteiger partial charge in [0.25, 0.3) is 0 Å². The summed E-state index contributed by atoms with van der Waals surface area (Å²) in [4.78, 5) is 0. The Morgan fingerprint density at radius 1 is 1.18 bits per heavy atom. The van der Waals surface area contributed by atoms with Crippen molar-refractivity contribution in [1.29, 1.82) is 0 Å². The molecule has 1 saturated carbocycles. The monoisotopic (exact) mass is 312 g/mol. The highest BCUT2D eigenvalue weighted by molar-refractivity contribution is 4.97. The molecule has 3 rings (SSSR count). The molecular formula is C18H32O4. The third-order valence-corrected chi connectivity index (χ3v) is 5.63. The Bertz CT molecular complexity index is 342. The van der Waals surface area contributed by atoms with Crippen LogP contribution in [0.3, 0.4) is 0 Å². The first-order valence-electron chi connectivity index (χ1n) is 9.23. The summed E-state index contributed by atoms with van der Waals surface area (Å²) in [5.74, 6) is 0.226. The molecule has 0 aromatic heterocycles. The van der Waals surface area contributed by atoms with Gasteiger partial charge in [0.05, 0.1) is 12.7 Å². The Hall–Kier alpha value is -0.160. The molecule has 0 spiro atoms. The van der Waals surface area contributed by atoms with Gasteiger partial charge in [0.2, 0.25) is 0 Å². The van der Waals surface area contributed by atoms with Crippen LogP contribution < -0.4 is 0 Å². The van der Waals surface area contributed by atoms with Crippen LogP contribution in [0.5, 0.6) is 0 Å². The molecule has 2 bridgehead atoms. The summed E-state index contributed by atoms with van der Waals surface area (Å²) in [5, 5.41) is 0. The van der Waals surface area contributed by atoms with Crippen LogP contribution in [0.2, 0.25) is 0 Å². The molecule has 4 atom stereocenters. The molecule has 0 amide bonds. The van der Waals surface area contributed by atoms with Gasteiger partial charge in [0.1, 0.15) is 12.2 Å². The van der Waals surface area contributed by atoms with E-state index in [2.05, 4.69) is 6.92 Å². The van der Waals surface area contributed by atoms with Crippen molar-refractivity contribution in [2.24, 2.45) is 5.92 Å². The van der Waals surface area contributed by atoms with Crippen LogP contribution >= 0.6 is 0 Å². The Balaban J connectivity index is 1.54. The summed E-state index contributed by atoms with van der Waals surface area (Å²) in [6.45, 7) is 3.73. The van der Waals surface area contributed by atoms with Gasteiger partial charge in [-0.2, -0.15) is 0 Å². The van der Waals surface area contributed by atoms with E-state index in [4.69, 9.17) is 18.9 Å². The third kappa shape index (κ3) is 3.50. The quantitative estimate of drug-likeness (QED) is 0.719. The SMILES string of the molecule is CCCCC12OC[C@@H](O1)[C@@H](OCC1CCCCC1)C[C@H]2OC. The summed E-state index contributed by atoms with van der Waals surface area (Å²) in [7, 11) is 1.77. The molecule has 2 aliphatic heterocycles. The summed E-state index contributed by atoms with van der Waals surface area (Å²) in [6.07, 6.45) is 11.1. The number of fused-ring (bicyclic) bond motifs is 2. The van der Waals surface area contributed by atoms with Crippen LogP contribution in [0, 0.1) is 5.92 Å². The van der Waals surface area contributed by atoms with E-state index in [0.717, 1.165) is 38.2 Å². The largest absolute Gasteiger partial charge is 0.376 e. The molecule has 0 N–H and O–H groups in total. The number of methoxy groups -OCH3 is 1. The Morgan fingerprint density at radius 3 is 2.73 bits per heavy atom. The van der Waals surface area contributed by atoms with E-state index in [9.17, 15) is 0 Å². The maximum Gasteiger partial charge on any atom is 0.195 e. The average molecular weight is 312 g/mol. The van der Waals surface area contributed by atoms with E-state index < -0.39 is 5.79 Å². The van der Waals surface area contributed by atoms with E-state index in [1.807, 2.05) is 0 Å². The minimum Gasteiger partial charge on any atom is -0.376 e. The van der Waals surface area contributed by atoms with Crippen molar-refractivity contribution in [3.05, 3.63) is 0 Å². The Labute approximate surface area is 134 Å². The molecule has 1 unspecified atom stereocenters. The lowest BCUT2D eigenvalue weighted by molar-refractivity contribution is -0.277. The van der Waals surface area contributed by atoms with Crippen molar-refractivity contribution in [3.63, 3.8) is 0 Å². The van der Waals surface area contributed by atoms with E-state index in [1.165, 1.54) is 32.1 Å². The summed E-state index contributed by atoms with van der Waals surface area (Å²) >= 11 is 0. The highest BCUT2D eigenvalue weighted by Crippen LogP contribution is 2.42. The molecule has 1 aliphatic carbocycles. The highest BCUT2D eigenvalue weighted by atomic mass is 16.8. The lowest BCUT2D eigenvalue weighted by Crippen LogP contribution is -2.53. The second kappa shape index (κ2) is 7.61. The first-order chi connectivity index (χ1) is 10.8. The molecule has 22 heavy (non-hydrogen) atoms. The van der Waals surface area contributed by atoms with Crippen LogP contribution in [0.25, 0.3) is 0 Å². The van der Waals surface area contributed by atoms with Gasteiger partial charge in [-0.1, -0.05) is 32.6 Å². The third-order valence-electron chi connectivity index (χ3n) is 5.63. The fraction of sp³-hybridized carbons (Fsp3) is 1.00. The van der Waals surface area contributed by atoms with Gasteiger partial charge in [-0.05, 0) is 25.2 Å². The molecule has 0 aromatic carbocycles. The van der Waals surface area contributed by atoms with E-state index in [1.54, 1.807) is 7.11 Å². The number of ether oxygens (including phenoxy) is 4. The molecule has 0 aromatic rings. The van der Waals surface area contributed by atoms with Gasteiger partial charge in [-0.15, -0.1) is 0 Å². The van der Waals surface area contributed by atoms with Gasteiger partial charge >= 0.3 is 0 Å². The minimum atomic E-state index is -0.514. The maximum atomic E-state index is 6.27. The van der Waals surface area contributed by atoms with Gasteiger partial charge in [0.15, 0.2) is 5.79 Å². The Kier molecular flexibility index (Phi) is 5.77. The number of rotatable bonds is 7. The number of hydrogen-bond donors (Lipinski definition) is 0. The normalized spacial score (nSPS) is 39.3. The standard InChI is InChI=1S/C18H32O4/c1-3-4-10-18-17(19-2)11-15(16(22-18)13-21-18)20-12-14-8-6-5-7-9-14/h14-17H,3-13H2,1-2H3/t15-,16+,17+,18?/m0/s1. The van der Waals surface area contributed by atoms with Crippen LogP contribution in [0.15, 0.2) is 0 Å². The van der Waals surface area contributed by atoms with E-state index in [-0.39, 0.29) is 18.3 Å². The minimum absolute atomic E-state index is 0.00541. The van der Waals surface area contributed by atoms with Gasteiger partial charge in [-0.25, -0.2) is 0 Å². The second-order valence-corrected chi connectivity index (χ2v) is 7.22. The maximum absolute atomic E-state index is 6.27. The first-order valence-corrected chi connectivity index (χ1v) is 9.23. The van der Waals surface area contributed by atoms with Crippen LogP contribution in [-0.4, -0.2) is 44.4 Å². The van der Waals surface area contributed by atoms with Crippen molar-refractivity contribution in [2.75, 3.05) is 20.3 Å². The molecule has 128 valence electrons. The zero-order valence-electron chi connectivity index (χ0n) is 14.2. The number of hydrogen-bond acceptors (Lipinski definition) is 4. The highest BCUT2D eigenvalue weighted by Gasteiger charge is 2.55. The predicted octanol–water partition coefficient (Wildman–Crippen LogP) is 3.67. The summed E-state index contributed by atoms with van der Waals surface area (Å²) in [5.41, 5.74) is 0. The van der Waals surface area contributed by atoms with Crippen LogP contribution in [-0.2, 0) is 18.9 Å². The zero-order chi connectivity index (χ0) is 15.4. The van der Waals surface area contributed by atoms with Crippen LogP contribution in [0.4, 0.5) is 0 Å². The van der Waals surface area contributed by atoms with E-state index in [0.29, 0.717) is 6.61 Å². The molecule has 0 radical (unpaired) electrons. The van der Waals surface area contributed by atoms with Crippen molar-refractivity contribution in [1.82, 2.24) is 0 Å². The fourth-order valence-corrected chi connectivity index (χ4v) is 4.22. The number of unbranched alkanes of at least 4 members (excludes halogenated alkanes) is 1. The molecule has 3 aliphatic rings. The molecular weight excluding hydrogens is 280 g/mol. The van der Waals surface area contributed by atoms with Crippen molar-refractivity contribution >= 4 is 0 Å². The summed E-state index contributed by atoms with van der Waals surface area (Å²) in [6, 6.07) is 0.